The summed E-state index contributed by atoms with van der Waals surface area (Å²) in [6, 6.07) is 8.91. The van der Waals surface area contributed by atoms with Crippen molar-refractivity contribution < 1.29 is 33.0 Å². The van der Waals surface area contributed by atoms with E-state index in [0.717, 1.165) is 5.56 Å². The molecule has 0 amide bonds. The zero-order chi connectivity index (χ0) is 20.1. The Morgan fingerprint density at radius 3 is 2.43 bits per heavy atom. The van der Waals surface area contributed by atoms with Crippen LogP contribution < -0.4 is 9.47 Å². The minimum Gasteiger partial charge on any atom is -0.493 e. The summed E-state index contributed by atoms with van der Waals surface area (Å²) in [7, 11) is 3.08. The van der Waals surface area contributed by atoms with Crippen LogP contribution in [0.2, 0.25) is 0 Å². The molecule has 0 aliphatic heterocycles. The molecule has 3 rings (SSSR count). The van der Waals surface area contributed by atoms with Gasteiger partial charge in [0.05, 0.1) is 20.8 Å². The van der Waals surface area contributed by atoms with Crippen molar-refractivity contribution in [2.75, 3.05) is 20.8 Å². The minimum atomic E-state index is -1.09. The molecular formula is C20H19NO7. The Balaban J connectivity index is 2.07. The van der Waals surface area contributed by atoms with Gasteiger partial charge in [-0.3, -0.25) is 0 Å². The van der Waals surface area contributed by atoms with Gasteiger partial charge in [0.25, 0.3) is 0 Å². The molecule has 2 heterocycles. The van der Waals surface area contributed by atoms with Gasteiger partial charge in [-0.1, -0.05) is 6.07 Å². The fourth-order valence-electron chi connectivity index (χ4n) is 2.71. The lowest BCUT2D eigenvalue weighted by molar-refractivity contribution is 0.0373. The Hall–Kier alpha value is -3.68. The van der Waals surface area contributed by atoms with Crippen LogP contribution in [0.1, 0.15) is 17.5 Å². The fourth-order valence-corrected chi connectivity index (χ4v) is 2.71. The maximum atomic E-state index is 12.4. The standard InChI is InChI=1S/C20H19NO7/c1-4-26-20(23)28-19(22)18-17(21-9-5-6-10-21)14(12-27-18)13-7-8-15(24-2)16(11-13)25-3/h5-12H,4H2,1-3H3. The quantitative estimate of drug-likeness (QED) is 0.467. The van der Waals surface area contributed by atoms with E-state index in [2.05, 4.69) is 4.74 Å². The number of benzene rings is 1. The lowest BCUT2D eigenvalue weighted by Gasteiger charge is -2.11. The van der Waals surface area contributed by atoms with Crippen LogP contribution in [0, 0.1) is 0 Å². The van der Waals surface area contributed by atoms with E-state index in [9.17, 15) is 9.59 Å². The average molecular weight is 385 g/mol. The molecule has 2 aromatic heterocycles. The number of carbonyl (C=O) groups is 2. The number of methoxy groups -OCH3 is 2. The molecule has 1 aromatic carbocycles. The van der Waals surface area contributed by atoms with E-state index in [0.29, 0.717) is 22.7 Å². The number of ether oxygens (including phenoxy) is 4. The van der Waals surface area contributed by atoms with Crippen molar-refractivity contribution in [1.29, 1.82) is 0 Å². The zero-order valence-corrected chi connectivity index (χ0v) is 15.6. The molecule has 0 atom stereocenters. The van der Waals surface area contributed by atoms with Gasteiger partial charge in [0.2, 0.25) is 5.76 Å². The van der Waals surface area contributed by atoms with Gasteiger partial charge in [-0.2, -0.15) is 0 Å². The van der Waals surface area contributed by atoms with Crippen molar-refractivity contribution >= 4 is 12.1 Å². The van der Waals surface area contributed by atoms with Gasteiger partial charge in [0.1, 0.15) is 12.0 Å². The van der Waals surface area contributed by atoms with Crippen LogP contribution >= 0.6 is 0 Å². The first-order valence-electron chi connectivity index (χ1n) is 8.45. The van der Waals surface area contributed by atoms with E-state index in [4.69, 9.17) is 18.6 Å². The van der Waals surface area contributed by atoms with Gasteiger partial charge >= 0.3 is 12.1 Å². The summed E-state index contributed by atoms with van der Waals surface area (Å²) in [5, 5.41) is 0. The molecular weight excluding hydrogens is 366 g/mol. The topological polar surface area (TPSA) is 89.1 Å². The first-order valence-corrected chi connectivity index (χ1v) is 8.45. The van der Waals surface area contributed by atoms with E-state index in [1.54, 1.807) is 61.3 Å². The van der Waals surface area contributed by atoms with Crippen LogP contribution in [0.4, 0.5) is 4.79 Å². The Morgan fingerprint density at radius 1 is 1.07 bits per heavy atom. The second kappa shape index (κ2) is 8.34. The Bertz CT molecular complexity index is 973. The summed E-state index contributed by atoms with van der Waals surface area (Å²) < 4.78 is 27.1. The maximum Gasteiger partial charge on any atom is 0.516 e. The first-order chi connectivity index (χ1) is 13.6. The molecule has 28 heavy (non-hydrogen) atoms. The number of rotatable bonds is 6. The monoisotopic (exact) mass is 385 g/mol. The lowest BCUT2D eigenvalue weighted by Crippen LogP contribution is -2.15. The van der Waals surface area contributed by atoms with Crippen LogP contribution in [0.15, 0.2) is 53.4 Å². The second-order valence-corrected chi connectivity index (χ2v) is 5.56. The van der Waals surface area contributed by atoms with Gasteiger partial charge in [-0.05, 0) is 36.8 Å². The summed E-state index contributed by atoms with van der Waals surface area (Å²) in [6.45, 7) is 1.70. The number of furan rings is 1. The second-order valence-electron chi connectivity index (χ2n) is 5.56. The number of nitrogens with zero attached hydrogens (tertiary/aromatic N) is 1. The van der Waals surface area contributed by atoms with E-state index in [1.807, 2.05) is 0 Å². The number of aromatic nitrogens is 1. The summed E-state index contributed by atoms with van der Waals surface area (Å²) in [4.78, 5) is 24.0. The van der Waals surface area contributed by atoms with E-state index in [1.165, 1.54) is 13.4 Å². The Labute approximate surface area is 161 Å². The summed E-state index contributed by atoms with van der Waals surface area (Å²) in [6.07, 6.45) is 3.82. The molecule has 0 fully saturated rings. The summed E-state index contributed by atoms with van der Waals surface area (Å²) in [5.41, 5.74) is 1.75. The van der Waals surface area contributed by atoms with Crippen molar-refractivity contribution in [1.82, 2.24) is 4.57 Å². The molecule has 8 heteroatoms. The van der Waals surface area contributed by atoms with Crippen molar-refractivity contribution in [3.05, 3.63) is 54.7 Å². The minimum absolute atomic E-state index is 0.0889. The predicted octanol–water partition coefficient (Wildman–Crippen LogP) is 4.07. The van der Waals surface area contributed by atoms with Crippen molar-refractivity contribution in [2.45, 2.75) is 6.92 Å². The highest BCUT2D eigenvalue weighted by atomic mass is 16.7. The van der Waals surface area contributed by atoms with E-state index in [-0.39, 0.29) is 12.4 Å². The molecule has 0 radical (unpaired) electrons. The molecule has 8 nitrogen and oxygen atoms in total. The number of esters is 1. The third-order valence-corrected chi connectivity index (χ3v) is 3.95. The Kier molecular flexibility index (Phi) is 5.69. The molecule has 0 bridgehead atoms. The molecule has 0 spiro atoms. The number of hydrogen-bond acceptors (Lipinski definition) is 7. The highest BCUT2D eigenvalue weighted by Crippen LogP contribution is 2.37. The predicted molar refractivity (Wildman–Crippen MR) is 99.0 cm³/mol. The number of hydrogen-bond donors (Lipinski definition) is 0. The highest BCUT2D eigenvalue weighted by Gasteiger charge is 2.26. The molecule has 0 saturated heterocycles. The van der Waals surface area contributed by atoms with Crippen LogP contribution in [0.25, 0.3) is 16.8 Å². The van der Waals surface area contributed by atoms with Gasteiger partial charge in [-0.15, -0.1) is 0 Å². The maximum absolute atomic E-state index is 12.4. The van der Waals surface area contributed by atoms with Gasteiger partial charge in [0.15, 0.2) is 11.5 Å². The molecule has 0 unspecified atom stereocenters. The highest BCUT2D eigenvalue weighted by molar-refractivity contribution is 5.98. The molecule has 0 aliphatic rings. The van der Waals surface area contributed by atoms with Crippen molar-refractivity contribution in [3.63, 3.8) is 0 Å². The summed E-state index contributed by atoms with van der Waals surface area (Å²) >= 11 is 0. The Morgan fingerprint density at radius 2 is 1.79 bits per heavy atom. The molecule has 3 aromatic rings. The first kappa shape index (κ1) is 19.1. The van der Waals surface area contributed by atoms with Gasteiger partial charge < -0.3 is 27.9 Å². The normalized spacial score (nSPS) is 10.4. The lowest BCUT2D eigenvalue weighted by atomic mass is 10.1. The molecule has 0 N–H and O–H groups in total. The van der Waals surface area contributed by atoms with Crippen LogP contribution in [-0.4, -0.2) is 37.5 Å². The van der Waals surface area contributed by atoms with Gasteiger partial charge in [0, 0.05) is 18.0 Å². The average Bonchev–Trinajstić information content (AvgIpc) is 3.36. The molecule has 0 saturated carbocycles. The third kappa shape index (κ3) is 3.71. The van der Waals surface area contributed by atoms with Crippen molar-refractivity contribution in [3.8, 4) is 28.3 Å². The van der Waals surface area contributed by atoms with E-state index >= 15 is 0 Å². The van der Waals surface area contributed by atoms with Crippen LogP contribution in [0.3, 0.4) is 0 Å². The van der Waals surface area contributed by atoms with E-state index < -0.39 is 12.1 Å². The SMILES string of the molecule is CCOC(=O)OC(=O)c1occ(-c2ccc(OC)c(OC)c2)c1-n1cccc1. The molecule has 0 aliphatic carbocycles. The van der Waals surface area contributed by atoms with Crippen molar-refractivity contribution in [2.24, 2.45) is 0 Å². The fraction of sp³-hybridized carbons (Fsp3) is 0.200. The smallest absolute Gasteiger partial charge is 0.493 e. The number of carbonyl (C=O) groups excluding carboxylic acids is 2. The molecule has 146 valence electrons. The third-order valence-electron chi connectivity index (χ3n) is 3.95. The summed E-state index contributed by atoms with van der Waals surface area (Å²) in [5.74, 6) is 0.0115. The van der Waals surface area contributed by atoms with Crippen LogP contribution in [0.5, 0.6) is 11.5 Å². The largest absolute Gasteiger partial charge is 0.516 e. The zero-order valence-electron chi connectivity index (χ0n) is 15.6. The van der Waals surface area contributed by atoms with Crippen LogP contribution in [-0.2, 0) is 9.47 Å². The van der Waals surface area contributed by atoms with Gasteiger partial charge in [-0.25, -0.2) is 9.59 Å².